The van der Waals surface area contributed by atoms with Gasteiger partial charge in [-0.3, -0.25) is 4.79 Å². The molecule has 2 N–H and O–H groups in total. The van der Waals surface area contributed by atoms with Crippen LogP contribution in [0.25, 0.3) is 0 Å². The van der Waals surface area contributed by atoms with Gasteiger partial charge in [-0.1, -0.05) is 30.3 Å². The maximum Gasteiger partial charge on any atom is 0.335 e. The standard InChI is InChI=1S/C11H11NO4/c13-8-6-16-10(11(14)15)9(12-8)7-4-2-1-3-5-7/h1-5,9-10H,6H2,(H,12,13)(H,14,15)/t9-,10-/m1/s1. The molecule has 84 valence electrons. The molecule has 1 aliphatic heterocycles. The summed E-state index contributed by atoms with van der Waals surface area (Å²) in [6.07, 6.45) is -1.03. The van der Waals surface area contributed by atoms with Crippen molar-refractivity contribution < 1.29 is 19.4 Å². The van der Waals surface area contributed by atoms with E-state index in [1.165, 1.54) is 0 Å². The number of amides is 1. The second kappa shape index (κ2) is 4.32. The van der Waals surface area contributed by atoms with Crippen molar-refractivity contribution in [3.8, 4) is 0 Å². The summed E-state index contributed by atoms with van der Waals surface area (Å²) in [5, 5.41) is 11.6. The Bertz CT molecular complexity index is 404. The molecule has 1 saturated heterocycles. The van der Waals surface area contributed by atoms with Gasteiger partial charge in [0.2, 0.25) is 5.91 Å². The predicted molar refractivity (Wildman–Crippen MR) is 54.7 cm³/mol. The van der Waals surface area contributed by atoms with Crippen LogP contribution in [0.4, 0.5) is 0 Å². The highest BCUT2D eigenvalue weighted by molar-refractivity contribution is 5.82. The Hall–Kier alpha value is -1.88. The van der Waals surface area contributed by atoms with E-state index in [1.807, 2.05) is 6.07 Å². The first-order chi connectivity index (χ1) is 7.68. The van der Waals surface area contributed by atoms with Gasteiger partial charge >= 0.3 is 5.97 Å². The molecule has 0 aliphatic carbocycles. The molecule has 1 heterocycles. The minimum atomic E-state index is -1.08. The minimum absolute atomic E-state index is 0.208. The van der Waals surface area contributed by atoms with Crippen molar-refractivity contribution in [2.75, 3.05) is 6.61 Å². The largest absolute Gasteiger partial charge is 0.479 e. The molecule has 0 unspecified atom stereocenters. The first-order valence-corrected chi connectivity index (χ1v) is 4.87. The van der Waals surface area contributed by atoms with Gasteiger partial charge < -0.3 is 15.2 Å². The summed E-state index contributed by atoms with van der Waals surface area (Å²) in [5.74, 6) is -1.37. The highest BCUT2D eigenvalue weighted by Gasteiger charge is 2.35. The molecular formula is C11H11NO4. The summed E-state index contributed by atoms with van der Waals surface area (Å²) in [4.78, 5) is 22.2. The number of ether oxygens (including phenoxy) is 1. The molecule has 0 aromatic heterocycles. The van der Waals surface area contributed by atoms with Crippen molar-refractivity contribution in [2.45, 2.75) is 12.1 Å². The topological polar surface area (TPSA) is 75.6 Å². The van der Waals surface area contributed by atoms with Gasteiger partial charge in [0.15, 0.2) is 6.10 Å². The second-order valence-electron chi connectivity index (χ2n) is 3.53. The van der Waals surface area contributed by atoms with Gasteiger partial charge in [0.25, 0.3) is 0 Å². The van der Waals surface area contributed by atoms with Crippen LogP contribution in [0.5, 0.6) is 0 Å². The Morgan fingerprint density at radius 2 is 2.06 bits per heavy atom. The normalized spacial score (nSPS) is 24.9. The summed E-state index contributed by atoms with van der Waals surface area (Å²) in [5.41, 5.74) is 0.725. The predicted octanol–water partition coefficient (Wildman–Crippen LogP) is 0.327. The number of morpholine rings is 1. The Morgan fingerprint density at radius 1 is 1.38 bits per heavy atom. The summed E-state index contributed by atoms with van der Waals surface area (Å²) in [6.45, 7) is -0.208. The summed E-state index contributed by atoms with van der Waals surface area (Å²) in [7, 11) is 0. The van der Waals surface area contributed by atoms with Gasteiger partial charge in [-0.25, -0.2) is 4.79 Å². The average molecular weight is 221 g/mol. The molecule has 1 aromatic carbocycles. The SMILES string of the molecule is O=C1CO[C@@H](C(=O)O)[C@@H](c2ccccc2)N1. The van der Waals surface area contributed by atoms with Crippen LogP contribution in [-0.4, -0.2) is 29.7 Å². The number of carboxylic acid groups (broad SMARTS) is 1. The van der Waals surface area contributed by atoms with E-state index in [1.54, 1.807) is 24.3 Å². The molecule has 5 nitrogen and oxygen atoms in total. The first-order valence-electron chi connectivity index (χ1n) is 4.87. The monoisotopic (exact) mass is 221 g/mol. The van der Waals surface area contributed by atoms with E-state index in [4.69, 9.17) is 9.84 Å². The van der Waals surface area contributed by atoms with Crippen LogP contribution in [0.2, 0.25) is 0 Å². The number of carboxylic acids is 1. The van der Waals surface area contributed by atoms with Crippen molar-refractivity contribution >= 4 is 11.9 Å². The van der Waals surface area contributed by atoms with Gasteiger partial charge in [0.05, 0.1) is 6.04 Å². The van der Waals surface area contributed by atoms with Gasteiger partial charge in [-0.15, -0.1) is 0 Å². The summed E-state index contributed by atoms with van der Waals surface area (Å²) in [6, 6.07) is 8.29. The molecule has 0 bridgehead atoms. The fourth-order valence-corrected chi connectivity index (χ4v) is 1.68. The third-order valence-electron chi connectivity index (χ3n) is 2.42. The molecule has 2 atom stereocenters. The van der Waals surface area contributed by atoms with E-state index in [2.05, 4.69) is 5.32 Å². The Labute approximate surface area is 92.0 Å². The molecule has 1 amide bonds. The highest BCUT2D eigenvalue weighted by atomic mass is 16.5. The lowest BCUT2D eigenvalue weighted by molar-refractivity contribution is -0.160. The van der Waals surface area contributed by atoms with Crippen LogP contribution in [0, 0.1) is 0 Å². The maximum atomic E-state index is 11.2. The van der Waals surface area contributed by atoms with E-state index in [0.717, 1.165) is 5.56 Å². The molecule has 1 fully saturated rings. The summed E-state index contributed by atoms with van der Waals surface area (Å²) >= 11 is 0. The number of carbonyl (C=O) groups excluding carboxylic acids is 1. The number of rotatable bonds is 2. The average Bonchev–Trinajstić information content (AvgIpc) is 2.29. The van der Waals surface area contributed by atoms with Crippen LogP contribution in [0.15, 0.2) is 30.3 Å². The Balaban J connectivity index is 2.27. The van der Waals surface area contributed by atoms with Crippen LogP contribution >= 0.6 is 0 Å². The van der Waals surface area contributed by atoms with Crippen molar-refractivity contribution in [3.05, 3.63) is 35.9 Å². The number of aliphatic carboxylic acids is 1. The van der Waals surface area contributed by atoms with Crippen molar-refractivity contribution in [1.29, 1.82) is 0 Å². The van der Waals surface area contributed by atoms with E-state index >= 15 is 0 Å². The molecular weight excluding hydrogens is 210 g/mol. The Morgan fingerprint density at radius 3 is 2.69 bits per heavy atom. The van der Waals surface area contributed by atoms with Gasteiger partial charge in [0.1, 0.15) is 6.61 Å². The lowest BCUT2D eigenvalue weighted by Crippen LogP contribution is -2.49. The van der Waals surface area contributed by atoms with E-state index in [0.29, 0.717) is 0 Å². The van der Waals surface area contributed by atoms with Crippen LogP contribution < -0.4 is 5.32 Å². The van der Waals surface area contributed by atoms with Gasteiger partial charge in [-0.05, 0) is 5.56 Å². The summed E-state index contributed by atoms with van der Waals surface area (Å²) < 4.78 is 5.01. The first kappa shape index (κ1) is 10.6. The molecule has 1 aliphatic rings. The molecule has 16 heavy (non-hydrogen) atoms. The van der Waals surface area contributed by atoms with Crippen LogP contribution in [-0.2, 0) is 14.3 Å². The Kier molecular flexibility index (Phi) is 2.87. The fourth-order valence-electron chi connectivity index (χ4n) is 1.68. The van der Waals surface area contributed by atoms with Gasteiger partial charge in [-0.2, -0.15) is 0 Å². The van der Waals surface area contributed by atoms with Crippen LogP contribution in [0.1, 0.15) is 11.6 Å². The van der Waals surface area contributed by atoms with Gasteiger partial charge in [0, 0.05) is 0 Å². The zero-order valence-corrected chi connectivity index (χ0v) is 8.42. The molecule has 2 rings (SSSR count). The second-order valence-corrected chi connectivity index (χ2v) is 3.53. The number of hydrogen-bond acceptors (Lipinski definition) is 3. The van der Waals surface area contributed by atoms with Crippen molar-refractivity contribution in [2.24, 2.45) is 0 Å². The maximum absolute atomic E-state index is 11.2. The number of benzene rings is 1. The molecule has 0 spiro atoms. The van der Waals surface area contributed by atoms with E-state index in [9.17, 15) is 9.59 Å². The molecule has 0 saturated carbocycles. The fraction of sp³-hybridized carbons (Fsp3) is 0.273. The smallest absolute Gasteiger partial charge is 0.335 e. The van der Waals surface area contributed by atoms with E-state index in [-0.39, 0.29) is 12.5 Å². The number of nitrogens with one attached hydrogen (secondary N) is 1. The quantitative estimate of drug-likeness (QED) is 0.754. The zero-order valence-electron chi connectivity index (χ0n) is 8.42. The highest BCUT2D eigenvalue weighted by Crippen LogP contribution is 2.22. The molecule has 1 aromatic rings. The minimum Gasteiger partial charge on any atom is -0.479 e. The zero-order chi connectivity index (χ0) is 11.5. The lowest BCUT2D eigenvalue weighted by Gasteiger charge is -2.29. The molecule has 0 radical (unpaired) electrons. The number of carbonyl (C=O) groups is 2. The van der Waals surface area contributed by atoms with Crippen molar-refractivity contribution in [3.63, 3.8) is 0 Å². The molecule has 5 heteroatoms. The third-order valence-corrected chi connectivity index (χ3v) is 2.42. The lowest BCUT2D eigenvalue weighted by atomic mass is 10.00. The van der Waals surface area contributed by atoms with Crippen LogP contribution in [0.3, 0.4) is 0 Å². The number of hydrogen-bond donors (Lipinski definition) is 2. The third kappa shape index (κ3) is 2.04. The van der Waals surface area contributed by atoms with Crippen molar-refractivity contribution in [1.82, 2.24) is 5.32 Å². The van der Waals surface area contributed by atoms with E-state index < -0.39 is 18.1 Å².